The van der Waals surface area contributed by atoms with Crippen LogP contribution in [0.3, 0.4) is 0 Å². The second-order valence-corrected chi connectivity index (χ2v) is 6.21. The van der Waals surface area contributed by atoms with Crippen molar-refractivity contribution in [3.8, 4) is 17.0 Å². The van der Waals surface area contributed by atoms with E-state index in [-0.39, 0.29) is 18.2 Å². The second-order valence-electron chi connectivity index (χ2n) is 6.21. The number of ether oxygens (including phenoxy) is 1. The molecule has 1 aliphatic rings. The topological polar surface area (TPSA) is 85.2 Å². The molecule has 2 amide bonds. The van der Waals surface area contributed by atoms with Crippen molar-refractivity contribution >= 4 is 23.3 Å². The minimum absolute atomic E-state index is 0.0326. The second kappa shape index (κ2) is 6.95. The van der Waals surface area contributed by atoms with E-state index in [1.165, 1.54) is 0 Å². The summed E-state index contributed by atoms with van der Waals surface area (Å²) in [4.78, 5) is 24.9. The number of hydrogen-bond donors (Lipinski definition) is 2. The first-order chi connectivity index (χ1) is 13.1. The first-order valence-corrected chi connectivity index (χ1v) is 8.54. The molecule has 0 saturated heterocycles. The predicted octanol–water partition coefficient (Wildman–Crippen LogP) is 3.08. The maximum absolute atomic E-state index is 12.8. The van der Waals surface area contributed by atoms with E-state index in [0.29, 0.717) is 22.9 Å². The van der Waals surface area contributed by atoms with Crippen molar-refractivity contribution in [1.29, 1.82) is 0 Å². The number of benzene rings is 2. The van der Waals surface area contributed by atoms with Crippen LogP contribution < -0.4 is 15.4 Å². The molecule has 7 heteroatoms. The van der Waals surface area contributed by atoms with Crippen LogP contribution in [0.1, 0.15) is 12.5 Å². The van der Waals surface area contributed by atoms with Crippen molar-refractivity contribution in [2.75, 3.05) is 17.7 Å². The number of methoxy groups -OCH3 is 1. The van der Waals surface area contributed by atoms with E-state index < -0.39 is 6.04 Å². The van der Waals surface area contributed by atoms with Gasteiger partial charge < -0.3 is 15.4 Å². The molecule has 3 aromatic rings. The molecular formula is C20H18N4O3. The summed E-state index contributed by atoms with van der Waals surface area (Å²) in [6.45, 7) is 0. The molecule has 1 aliphatic heterocycles. The number of anilines is 2. The van der Waals surface area contributed by atoms with Crippen LogP contribution >= 0.6 is 0 Å². The fourth-order valence-corrected chi connectivity index (χ4v) is 3.03. The van der Waals surface area contributed by atoms with E-state index in [0.717, 1.165) is 5.56 Å². The van der Waals surface area contributed by atoms with Gasteiger partial charge in [-0.3, -0.25) is 9.59 Å². The zero-order valence-electron chi connectivity index (χ0n) is 14.7. The molecule has 0 spiro atoms. The minimum Gasteiger partial charge on any atom is -0.497 e. The van der Waals surface area contributed by atoms with Crippen molar-refractivity contribution in [3.63, 3.8) is 0 Å². The van der Waals surface area contributed by atoms with Crippen LogP contribution in [0.5, 0.6) is 5.75 Å². The van der Waals surface area contributed by atoms with Crippen molar-refractivity contribution in [2.45, 2.75) is 12.5 Å². The van der Waals surface area contributed by atoms with Crippen LogP contribution in [0.4, 0.5) is 11.5 Å². The first kappa shape index (κ1) is 16.8. The van der Waals surface area contributed by atoms with E-state index in [2.05, 4.69) is 15.7 Å². The number of carbonyl (C=O) groups is 2. The molecule has 0 fully saturated rings. The van der Waals surface area contributed by atoms with Crippen LogP contribution in [0.15, 0.2) is 60.7 Å². The van der Waals surface area contributed by atoms with Gasteiger partial charge in [0.15, 0.2) is 0 Å². The zero-order chi connectivity index (χ0) is 18.8. The van der Waals surface area contributed by atoms with Gasteiger partial charge in [-0.15, -0.1) is 0 Å². The molecule has 0 aliphatic carbocycles. The van der Waals surface area contributed by atoms with E-state index in [1.54, 1.807) is 42.1 Å². The lowest BCUT2D eigenvalue weighted by Gasteiger charge is -2.23. The normalized spacial score (nSPS) is 15.6. The Morgan fingerprint density at radius 3 is 2.63 bits per heavy atom. The molecule has 27 heavy (non-hydrogen) atoms. The Morgan fingerprint density at radius 1 is 1.19 bits per heavy atom. The molecular weight excluding hydrogens is 344 g/mol. The van der Waals surface area contributed by atoms with Gasteiger partial charge in [-0.1, -0.05) is 30.3 Å². The van der Waals surface area contributed by atoms with E-state index in [4.69, 9.17) is 4.74 Å². The summed E-state index contributed by atoms with van der Waals surface area (Å²) in [6.07, 6.45) is 0.0326. The number of fused-ring (bicyclic) bond motifs is 1. The molecule has 2 N–H and O–H groups in total. The van der Waals surface area contributed by atoms with Crippen LogP contribution in [0.25, 0.3) is 11.3 Å². The van der Waals surface area contributed by atoms with E-state index in [9.17, 15) is 9.59 Å². The standard InChI is InChI=1S/C20H18N4O3/c1-27-15-9-7-14(8-10-15)21-20(26)17-12-19(25)22-18-11-16(23-24(17)18)13-5-3-2-4-6-13/h2-11,17H,12H2,1H3,(H,21,26)(H,22,25). The van der Waals surface area contributed by atoms with Gasteiger partial charge in [0.1, 0.15) is 17.6 Å². The Balaban J connectivity index is 1.61. The van der Waals surface area contributed by atoms with Gasteiger partial charge in [0, 0.05) is 17.3 Å². The van der Waals surface area contributed by atoms with Crippen molar-refractivity contribution < 1.29 is 14.3 Å². The number of aromatic nitrogens is 2. The van der Waals surface area contributed by atoms with Crippen LogP contribution in [0.2, 0.25) is 0 Å². The highest BCUT2D eigenvalue weighted by Crippen LogP contribution is 2.30. The van der Waals surface area contributed by atoms with Crippen molar-refractivity contribution in [1.82, 2.24) is 9.78 Å². The highest BCUT2D eigenvalue weighted by Gasteiger charge is 2.32. The molecule has 136 valence electrons. The summed E-state index contributed by atoms with van der Waals surface area (Å²) in [5.74, 6) is 0.711. The van der Waals surface area contributed by atoms with Gasteiger partial charge >= 0.3 is 0 Å². The average Bonchev–Trinajstić information content (AvgIpc) is 3.12. The summed E-state index contributed by atoms with van der Waals surface area (Å²) in [6, 6.07) is 17.7. The Labute approximate surface area is 156 Å². The third-order valence-electron chi connectivity index (χ3n) is 4.41. The van der Waals surface area contributed by atoms with Gasteiger partial charge in [0.25, 0.3) is 0 Å². The SMILES string of the molecule is COc1ccc(NC(=O)C2CC(=O)Nc3cc(-c4ccccc4)nn32)cc1. The lowest BCUT2D eigenvalue weighted by Crippen LogP contribution is -2.35. The number of amides is 2. The number of rotatable bonds is 4. The molecule has 0 bridgehead atoms. The summed E-state index contributed by atoms with van der Waals surface area (Å²) in [5, 5.41) is 10.2. The van der Waals surface area contributed by atoms with Gasteiger partial charge in [-0.05, 0) is 24.3 Å². The molecule has 0 radical (unpaired) electrons. The monoisotopic (exact) mass is 362 g/mol. The van der Waals surface area contributed by atoms with Crippen LogP contribution in [0, 0.1) is 0 Å². The fraction of sp³-hybridized carbons (Fsp3) is 0.150. The van der Waals surface area contributed by atoms with Gasteiger partial charge in [0.2, 0.25) is 11.8 Å². The highest BCUT2D eigenvalue weighted by molar-refractivity contribution is 6.01. The highest BCUT2D eigenvalue weighted by atomic mass is 16.5. The smallest absolute Gasteiger partial charge is 0.249 e. The number of hydrogen-bond acceptors (Lipinski definition) is 4. The molecule has 0 saturated carbocycles. The van der Waals surface area contributed by atoms with Gasteiger partial charge in [-0.2, -0.15) is 5.10 Å². The predicted molar refractivity (Wildman–Crippen MR) is 102 cm³/mol. The van der Waals surface area contributed by atoms with E-state index >= 15 is 0 Å². The van der Waals surface area contributed by atoms with Crippen molar-refractivity contribution in [3.05, 3.63) is 60.7 Å². The molecule has 1 aromatic heterocycles. The zero-order valence-corrected chi connectivity index (χ0v) is 14.7. The molecule has 7 nitrogen and oxygen atoms in total. The molecule has 1 atom stereocenters. The molecule has 4 rings (SSSR count). The number of carbonyl (C=O) groups excluding carboxylic acids is 2. The van der Waals surface area contributed by atoms with Gasteiger partial charge in [-0.25, -0.2) is 4.68 Å². The number of nitrogens with one attached hydrogen (secondary N) is 2. The fourth-order valence-electron chi connectivity index (χ4n) is 3.03. The molecule has 2 heterocycles. The maximum Gasteiger partial charge on any atom is 0.249 e. The molecule has 1 unspecified atom stereocenters. The average molecular weight is 362 g/mol. The third kappa shape index (κ3) is 3.39. The lowest BCUT2D eigenvalue weighted by molar-refractivity contribution is -0.125. The minimum atomic E-state index is -0.715. The lowest BCUT2D eigenvalue weighted by atomic mass is 10.1. The molecule has 2 aromatic carbocycles. The first-order valence-electron chi connectivity index (χ1n) is 8.54. The Kier molecular flexibility index (Phi) is 4.33. The Morgan fingerprint density at radius 2 is 1.93 bits per heavy atom. The third-order valence-corrected chi connectivity index (χ3v) is 4.41. The summed E-state index contributed by atoms with van der Waals surface area (Å²) >= 11 is 0. The summed E-state index contributed by atoms with van der Waals surface area (Å²) in [7, 11) is 1.58. The quantitative estimate of drug-likeness (QED) is 0.747. The van der Waals surface area contributed by atoms with Crippen LogP contribution in [-0.4, -0.2) is 28.7 Å². The maximum atomic E-state index is 12.8. The summed E-state index contributed by atoms with van der Waals surface area (Å²) < 4.78 is 6.69. The van der Waals surface area contributed by atoms with E-state index in [1.807, 2.05) is 30.3 Å². The van der Waals surface area contributed by atoms with Crippen molar-refractivity contribution in [2.24, 2.45) is 0 Å². The Bertz CT molecular complexity index is 980. The largest absolute Gasteiger partial charge is 0.497 e. The van der Waals surface area contributed by atoms with Gasteiger partial charge in [0.05, 0.1) is 19.2 Å². The summed E-state index contributed by atoms with van der Waals surface area (Å²) in [5.41, 5.74) is 2.25. The number of nitrogens with zero attached hydrogens (tertiary/aromatic N) is 2. The van der Waals surface area contributed by atoms with Crippen LogP contribution in [-0.2, 0) is 9.59 Å². The Hall–Kier alpha value is -3.61.